The predicted molar refractivity (Wildman–Crippen MR) is 85.7 cm³/mol. The number of anilines is 1. The van der Waals surface area contributed by atoms with Crippen molar-refractivity contribution in [1.82, 2.24) is 10.6 Å². The van der Waals surface area contributed by atoms with Gasteiger partial charge in [-0.1, -0.05) is 18.5 Å². The fourth-order valence-corrected chi connectivity index (χ4v) is 3.12. The third-order valence-corrected chi connectivity index (χ3v) is 4.46. The topological polar surface area (TPSA) is 44.4 Å². The Labute approximate surface area is 130 Å². The van der Waals surface area contributed by atoms with Crippen LogP contribution in [0.2, 0.25) is 5.02 Å². The summed E-state index contributed by atoms with van der Waals surface area (Å²) >= 11 is 6.16. The zero-order chi connectivity index (χ0) is 14.8. The molecule has 2 aliphatic rings. The summed E-state index contributed by atoms with van der Waals surface area (Å²) in [7, 11) is 0. The first-order chi connectivity index (χ1) is 10.2. The van der Waals surface area contributed by atoms with E-state index in [-0.39, 0.29) is 11.9 Å². The van der Waals surface area contributed by atoms with Crippen molar-refractivity contribution in [1.29, 1.82) is 0 Å². The van der Waals surface area contributed by atoms with Gasteiger partial charge in [-0.25, -0.2) is 0 Å². The number of hydrogen-bond acceptors (Lipinski definition) is 3. The van der Waals surface area contributed by atoms with Crippen molar-refractivity contribution in [2.45, 2.75) is 44.8 Å². The normalized spacial score (nSPS) is 22.3. The maximum absolute atomic E-state index is 12.1. The summed E-state index contributed by atoms with van der Waals surface area (Å²) in [6, 6.07) is 6.55. The highest BCUT2D eigenvalue weighted by Gasteiger charge is 2.29. The van der Waals surface area contributed by atoms with Crippen LogP contribution in [0.5, 0.6) is 0 Å². The second kappa shape index (κ2) is 6.24. The molecule has 3 rings (SSSR count). The van der Waals surface area contributed by atoms with Gasteiger partial charge < -0.3 is 15.5 Å². The average Bonchev–Trinajstić information content (AvgIpc) is 3.29. The van der Waals surface area contributed by atoms with Gasteiger partial charge in [-0.05, 0) is 43.0 Å². The van der Waals surface area contributed by atoms with Gasteiger partial charge in [0.15, 0.2) is 0 Å². The molecule has 1 aliphatic heterocycles. The van der Waals surface area contributed by atoms with Gasteiger partial charge in [-0.3, -0.25) is 4.79 Å². The van der Waals surface area contributed by atoms with E-state index in [1.54, 1.807) is 0 Å². The van der Waals surface area contributed by atoms with Gasteiger partial charge in [0.2, 0.25) is 5.91 Å². The maximum Gasteiger partial charge on any atom is 0.242 e. The first kappa shape index (κ1) is 14.7. The lowest BCUT2D eigenvalue weighted by atomic mass is 10.1. The van der Waals surface area contributed by atoms with Crippen molar-refractivity contribution in [2.24, 2.45) is 0 Å². The minimum absolute atomic E-state index is 0.0837. The second-order valence-electron chi connectivity index (χ2n) is 5.84. The number of nitrogens with zero attached hydrogens (tertiary/aromatic N) is 1. The molecule has 21 heavy (non-hydrogen) atoms. The van der Waals surface area contributed by atoms with Crippen molar-refractivity contribution >= 4 is 23.2 Å². The van der Waals surface area contributed by atoms with Gasteiger partial charge in [0.25, 0.3) is 0 Å². The molecule has 4 nitrogen and oxygen atoms in total. The molecule has 1 amide bonds. The third-order valence-electron chi connectivity index (χ3n) is 4.23. The molecule has 5 heteroatoms. The minimum atomic E-state index is -0.0837. The van der Waals surface area contributed by atoms with E-state index >= 15 is 0 Å². The van der Waals surface area contributed by atoms with Crippen LogP contribution in [0.25, 0.3) is 0 Å². The standard InChI is InChI=1S/C16H22ClN3O/c1-2-14-16(21)18-7-8-20(14)15-6-3-12(17)9-11(15)10-19-13-4-5-13/h3,6,9,13-14,19H,2,4-5,7-8,10H2,1H3,(H,18,21). The number of carbonyl (C=O) groups is 1. The van der Waals surface area contributed by atoms with E-state index in [1.807, 2.05) is 18.2 Å². The Bertz CT molecular complexity index is 530. The molecule has 1 heterocycles. The van der Waals surface area contributed by atoms with Crippen LogP contribution in [0.1, 0.15) is 31.7 Å². The van der Waals surface area contributed by atoms with Crippen LogP contribution >= 0.6 is 11.6 Å². The van der Waals surface area contributed by atoms with E-state index in [0.717, 1.165) is 30.2 Å². The Kier molecular flexibility index (Phi) is 4.36. The van der Waals surface area contributed by atoms with Crippen LogP contribution in [0, 0.1) is 0 Å². The third kappa shape index (κ3) is 3.33. The smallest absolute Gasteiger partial charge is 0.242 e. The van der Waals surface area contributed by atoms with Crippen LogP contribution in [0.3, 0.4) is 0 Å². The lowest BCUT2D eigenvalue weighted by molar-refractivity contribution is -0.123. The molecule has 1 saturated carbocycles. The van der Waals surface area contributed by atoms with Gasteiger partial charge >= 0.3 is 0 Å². The monoisotopic (exact) mass is 307 g/mol. The van der Waals surface area contributed by atoms with E-state index < -0.39 is 0 Å². The zero-order valence-electron chi connectivity index (χ0n) is 12.4. The summed E-state index contributed by atoms with van der Waals surface area (Å²) in [5, 5.41) is 7.24. The number of rotatable bonds is 5. The number of carbonyl (C=O) groups excluding carboxylic acids is 1. The fraction of sp³-hybridized carbons (Fsp3) is 0.562. The Morgan fingerprint density at radius 3 is 2.95 bits per heavy atom. The lowest BCUT2D eigenvalue weighted by Gasteiger charge is -2.37. The van der Waals surface area contributed by atoms with Gasteiger partial charge in [0.1, 0.15) is 6.04 Å². The molecule has 0 bridgehead atoms. The number of benzene rings is 1. The Morgan fingerprint density at radius 2 is 2.24 bits per heavy atom. The van der Waals surface area contributed by atoms with Crippen LogP contribution in [-0.2, 0) is 11.3 Å². The first-order valence-corrected chi connectivity index (χ1v) is 8.13. The summed E-state index contributed by atoms with van der Waals surface area (Å²) in [6.07, 6.45) is 3.34. The highest BCUT2D eigenvalue weighted by atomic mass is 35.5. The molecule has 114 valence electrons. The van der Waals surface area contributed by atoms with E-state index in [9.17, 15) is 4.79 Å². The highest BCUT2D eigenvalue weighted by Crippen LogP contribution is 2.29. The predicted octanol–water partition coefficient (Wildman–Crippen LogP) is 2.31. The molecule has 1 aromatic rings. The molecule has 2 N–H and O–H groups in total. The Balaban J connectivity index is 1.86. The Morgan fingerprint density at radius 1 is 1.43 bits per heavy atom. The molecule has 1 unspecified atom stereocenters. The molecule has 1 aliphatic carbocycles. The maximum atomic E-state index is 12.1. The van der Waals surface area contributed by atoms with Crippen LogP contribution in [0.15, 0.2) is 18.2 Å². The molecular formula is C16H22ClN3O. The number of piperazine rings is 1. The largest absolute Gasteiger partial charge is 0.357 e. The van der Waals surface area contributed by atoms with Crippen LogP contribution in [0.4, 0.5) is 5.69 Å². The SMILES string of the molecule is CCC1C(=O)NCCN1c1ccc(Cl)cc1CNC1CC1. The Hall–Kier alpha value is -1.26. The molecular weight excluding hydrogens is 286 g/mol. The van der Waals surface area contributed by atoms with Crippen molar-refractivity contribution in [3.63, 3.8) is 0 Å². The van der Waals surface area contributed by atoms with Gasteiger partial charge in [-0.15, -0.1) is 0 Å². The van der Waals surface area contributed by atoms with Crippen molar-refractivity contribution < 1.29 is 4.79 Å². The number of nitrogens with one attached hydrogen (secondary N) is 2. The molecule has 1 atom stereocenters. The summed E-state index contributed by atoms with van der Waals surface area (Å²) in [6.45, 7) is 4.42. The molecule has 0 aromatic heterocycles. The number of amides is 1. The summed E-state index contributed by atoms with van der Waals surface area (Å²) in [5.74, 6) is 0.125. The molecule has 2 fully saturated rings. The van der Waals surface area contributed by atoms with Crippen molar-refractivity contribution in [3.05, 3.63) is 28.8 Å². The number of halogens is 1. The van der Waals surface area contributed by atoms with Crippen LogP contribution in [-0.4, -0.2) is 31.1 Å². The first-order valence-electron chi connectivity index (χ1n) is 7.75. The number of hydrogen-bond donors (Lipinski definition) is 2. The average molecular weight is 308 g/mol. The highest BCUT2D eigenvalue weighted by molar-refractivity contribution is 6.30. The molecule has 1 aromatic carbocycles. The minimum Gasteiger partial charge on any atom is -0.357 e. The zero-order valence-corrected chi connectivity index (χ0v) is 13.1. The second-order valence-corrected chi connectivity index (χ2v) is 6.27. The van der Waals surface area contributed by atoms with E-state index in [0.29, 0.717) is 12.6 Å². The van der Waals surface area contributed by atoms with E-state index in [4.69, 9.17) is 11.6 Å². The summed E-state index contributed by atoms with van der Waals surface area (Å²) in [5.41, 5.74) is 2.32. The quantitative estimate of drug-likeness (QED) is 0.877. The van der Waals surface area contributed by atoms with Crippen molar-refractivity contribution in [3.8, 4) is 0 Å². The summed E-state index contributed by atoms with van der Waals surface area (Å²) < 4.78 is 0. The van der Waals surface area contributed by atoms with Gasteiger partial charge in [-0.2, -0.15) is 0 Å². The van der Waals surface area contributed by atoms with E-state index in [1.165, 1.54) is 18.4 Å². The lowest BCUT2D eigenvalue weighted by Crippen LogP contribution is -2.55. The summed E-state index contributed by atoms with van der Waals surface area (Å²) in [4.78, 5) is 14.3. The van der Waals surface area contributed by atoms with E-state index in [2.05, 4.69) is 22.5 Å². The van der Waals surface area contributed by atoms with Crippen LogP contribution < -0.4 is 15.5 Å². The molecule has 0 spiro atoms. The van der Waals surface area contributed by atoms with Gasteiger partial charge in [0, 0.05) is 36.4 Å². The molecule has 1 saturated heterocycles. The van der Waals surface area contributed by atoms with Gasteiger partial charge in [0.05, 0.1) is 0 Å². The molecule has 0 radical (unpaired) electrons. The van der Waals surface area contributed by atoms with Crippen molar-refractivity contribution in [2.75, 3.05) is 18.0 Å². The fourth-order valence-electron chi connectivity index (χ4n) is 2.93.